The summed E-state index contributed by atoms with van der Waals surface area (Å²) < 4.78 is 4.95. The minimum absolute atomic E-state index is 0.0775. The molecule has 23 heavy (non-hydrogen) atoms. The molecule has 1 aromatic heterocycles. The molecule has 0 spiro atoms. The van der Waals surface area contributed by atoms with Crippen molar-refractivity contribution >= 4 is 40.0 Å². The van der Waals surface area contributed by atoms with Crippen molar-refractivity contribution in [1.29, 1.82) is 0 Å². The third-order valence-corrected chi connectivity index (χ3v) is 4.51. The van der Waals surface area contributed by atoms with Gasteiger partial charge >= 0.3 is 0 Å². The first-order valence-corrected chi connectivity index (χ1v) is 8.98. The van der Waals surface area contributed by atoms with E-state index in [0.717, 1.165) is 28.9 Å². The number of hydrogen-bond acceptors (Lipinski definition) is 3. The summed E-state index contributed by atoms with van der Waals surface area (Å²) in [5, 5.41) is 1.94. The Balaban J connectivity index is 2.32. The summed E-state index contributed by atoms with van der Waals surface area (Å²) in [6.07, 6.45) is 2.73. The van der Waals surface area contributed by atoms with Gasteiger partial charge in [-0.2, -0.15) is 0 Å². The van der Waals surface area contributed by atoms with Crippen LogP contribution in [0.4, 0.5) is 5.69 Å². The van der Waals surface area contributed by atoms with Gasteiger partial charge < -0.3 is 4.72 Å². The van der Waals surface area contributed by atoms with Gasteiger partial charge in [-0.05, 0) is 42.1 Å². The molecule has 0 unspecified atom stereocenters. The van der Waals surface area contributed by atoms with Crippen LogP contribution in [0.1, 0.15) is 12.6 Å². The number of benzene rings is 2. The second-order valence-electron chi connectivity index (χ2n) is 5.19. The van der Waals surface area contributed by atoms with Crippen LogP contribution in [-0.2, 0) is 6.42 Å². The van der Waals surface area contributed by atoms with E-state index >= 15 is 0 Å². The molecule has 0 atom stereocenters. The second kappa shape index (κ2) is 6.69. The number of aromatic nitrogens is 1. The maximum atomic E-state index is 13.1. The van der Waals surface area contributed by atoms with Gasteiger partial charge in [0.2, 0.25) is 0 Å². The fourth-order valence-electron chi connectivity index (χ4n) is 2.74. The van der Waals surface area contributed by atoms with E-state index in [0.29, 0.717) is 10.4 Å². The van der Waals surface area contributed by atoms with E-state index in [-0.39, 0.29) is 5.56 Å². The number of aryl methyl sites for hydroxylation is 1. The number of rotatable bonds is 4. The monoisotopic (exact) mass is 344 g/mol. The largest absolute Gasteiger partial charge is 0.330 e. The average molecular weight is 345 g/mol. The number of nitrogens with one attached hydrogen (secondary N) is 1. The molecule has 2 aromatic carbocycles. The van der Waals surface area contributed by atoms with Gasteiger partial charge in [-0.25, -0.2) is 0 Å². The molecule has 0 radical (unpaired) electrons. The number of pyridine rings is 1. The lowest BCUT2D eigenvalue weighted by Crippen LogP contribution is -2.22. The molecule has 0 fully saturated rings. The van der Waals surface area contributed by atoms with Crippen LogP contribution in [0.2, 0.25) is 5.02 Å². The summed E-state index contributed by atoms with van der Waals surface area (Å²) in [7, 11) is 0. The van der Waals surface area contributed by atoms with Gasteiger partial charge in [-0.15, -0.1) is 0 Å². The lowest BCUT2D eigenvalue weighted by atomic mass is 10.1. The Kier molecular flexibility index (Phi) is 4.64. The second-order valence-corrected chi connectivity index (χ2v) is 6.21. The van der Waals surface area contributed by atoms with E-state index < -0.39 is 0 Å². The lowest BCUT2D eigenvalue weighted by molar-refractivity contribution is 0.889. The van der Waals surface area contributed by atoms with E-state index in [1.54, 1.807) is 10.6 Å². The van der Waals surface area contributed by atoms with E-state index in [1.807, 2.05) is 55.6 Å². The molecule has 3 nitrogen and oxygen atoms in total. The molecule has 0 aliphatic carbocycles. The Morgan fingerprint density at radius 3 is 2.70 bits per heavy atom. The summed E-state index contributed by atoms with van der Waals surface area (Å²) in [6.45, 7) is 2.05. The predicted molar refractivity (Wildman–Crippen MR) is 101 cm³/mol. The van der Waals surface area contributed by atoms with E-state index in [9.17, 15) is 4.79 Å². The van der Waals surface area contributed by atoms with Crippen LogP contribution in [0.25, 0.3) is 16.5 Å². The predicted octanol–water partition coefficient (Wildman–Crippen LogP) is 4.90. The quantitative estimate of drug-likeness (QED) is 0.684. The Morgan fingerprint density at radius 2 is 1.96 bits per heavy atom. The van der Waals surface area contributed by atoms with Crippen LogP contribution in [0.3, 0.4) is 0 Å². The highest BCUT2D eigenvalue weighted by molar-refractivity contribution is 7.99. The molecule has 3 aromatic rings. The third kappa shape index (κ3) is 2.96. The standard InChI is InChI=1S/C18H17ClN2OS/c1-3-14-10-12-6-4-9-16(19)17(12)18(22)21(14)15-8-5-7-13(11-15)20-23-2/h4-11,20H,3H2,1-2H3. The molecule has 3 rings (SSSR count). The molecule has 0 aliphatic heterocycles. The summed E-state index contributed by atoms with van der Waals surface area (Å²) in [4.78, 5) is 13.1. The lowest BCUT2D eigenvalue weighted by Gasteiger charge is -2.15. The molecule has 0 amide bonds. The van der Waals surface area contributed by atoms with Crippen molar-refractivity contribution in [3.05, 3.63) is 69.6 Å². The molecule has 0 saturated carbocycles. The summed E-state index contributed by atoms with van der Waals surface area (Å²) >= 11 is 7.79. The van der Waals surface area contributed by atoms with Gasteiger partial charge in [0, 0.05) is 17.6 Å². The van der Waals surface area contributed by atoms with E-state index in [1.165, 1.54) is 11.9 Å². The summed E-state index contributed by atoms with van der Waals surface area (Å²) in [5.74, 6) is 0. The number of anilines is 1. The maximum absolute atomic E-state index is 13.1. The SMILES string of the molecule is CCc1cc2cccc(Cl)c2c(=O)n1-c1cccc(NSC)c1. The molecular formula is C18H17ClN2OS. The van der Waals surface area contributed by atoms with Crippen LogP contribution in [0.5, 0.6) is 0 Å². The fraction of sp³-hybridized carbons (Fsp3) is 0.167. The van der Waals surface area contributed by atoms with Gasteiger partial charge in [0.05, 0.1) is 16.1 Å². The first-order valence-electron chi connectivity index (χ1n) is 7.38. The molecule has 0 aliphatic rings. The normalized spacial score (nSPS) is 10.9. The zero-order valence-electron chi connectivity index (χ0n) is 13.0. The van der Waals surface area contributed by atoms with Crippen molar-refractivity contribution in [2.75, 3.05) is 11.0 Å². The molecule has 118 valence electrons. The minimum atomic E-state index is -0.0775. The fourth-order valence-corrected chi connectivity index (χ4v) is 3.37. The highest BCUT2D eigenvalue weighted by Gasteiger charge is 2.12. The van der Waals surface area contributed by atoms with Crippen LogP contribution in [0.15, 0.2) is 53.3 Å². The number of nitrogens with zero attached hydrogens (tertiary/aromatic N) is 1. The number of halogens is 1. The topological polar surface area (TPSA) is 34.0 Å². The van der Waals surface area contributed by atoms with Crippen molar-refractivity contribution in [3.8, 4) is 5.69 Å². The molecule has 5 heteroatoms. The maximum Gasteiger partial charge on any atom is 0.264 e. The highest BCUT2D eigenvalue weighted by Crippen LogP contribution is 2.24. The van der Waals surface area contributed by atoms with E-state index in [4.69, 9.17) is 11.6 Å². The Hall–Kier alpha value is -1.91. The van der Waals surface area contributed by atoms with Gasteiger partial charge in [0.25, 0.3) is 5.56 Å². The van der Waals surface area contributed by atoms with Crippen LogP contribution in [0, 0.1) is 0 Å². The third-order valence-electron chi connectivity index (χ3n) is 3.76. The van der Waals surface area contributed by atoms with Crippen molar-refractivity contribution in [2.45, 2.75) is 13.3 Å². The van der Waals surface area contributed by atoms with Gasteiger partial charge in [-0.3, -0.25) is 9.36 Å². The molecule has 1 N–H and O–H groups in total. The van der Waals surface area contributed by atoms with Crippen LogP contribution in [-0.4, -0.2) is 10.8 Å². The van der Waals surface area contributed by atoms with Crippen molar-refractivity contribution in [3.63, 3.8) is 0 Å². The van der Waals surface area contributed by atoms with Gasteiger partial charge in [0.1, 0.15) is 0 Å². The summed E-state index contributed by atoms with van der Waals surface area (Å²) in [5.41, 5.74) is 2.69. The van der Waals surface area contributed by atoms with Crippen molar-refractivity contribution in [2.24, 2.45) is 0 Å². The van der Waals surface area contributed by atoms with Crippen molar-refractivity contribution in [1.82, 2.24) is 4.57 Å². The molecule has 1 heterocycles. The zero-order valence-corrected chi connectivity index (χ0v) is 14.5. The minimum Gasteiger partial charge on any atom is -0.330 e. The molecular weight excluding hydrogens is 328 g/mol. The number of hydrogen-bond donors (Lipinski definition) is 1. The summed E-state index contributed by atoms with van der Waals surface area (Å²) in [6, 6.07) is 15.4. The van der Waals surface area contributed by atoms with Crippen molar-refractivity contribution < 1.29 is 0 Å². The van der Waals surface area contributed by atoms with Crippen LogP contribution < -0.4 is 10.3 Å². The average Bonchev–Trinajstić information content (AvgIpc) is 2.55. The zero-order chi connectivity index (χ0) is 16.4. The van der Waals surface area contributed by atoms with E-state index in [2.05, 4.69) is 4.72 Å². The Morgan fingerprint density at radius 1 is 1.17 bits per heavy atom. The Labute approximate surface area is 144 Å². The molecule has 0 bridgehead atoms. The van der Waals surface area contributed by atoms with Gasteiger partial charge in [0.15, 0.2) is 0 Å². The van der Waals surface area contributed by atoms with Gasteiger partial charge in [-0.1, -0.05) is 48.7 Å². The number of fused-ring (bicyclic) bond motifs is 1. The first-order chi connectivity index (χ1) is 11.2. The van der Waals surface area contributed by atoms with Crippen LogP contribution >= 0.6 is 23.5 Å². The molecule has 0 saturated heterocycles. The Bertz CT molecular complexity index is 921. The first kappa shape index (κ1) is 16.0. The highest BCUT2D eigenvalue weighted by atomic mass is 35.5. The smallest absolute Gasteiger partial charge is 0.264 e.